The predicted molar refractivity (Wildman–Crippen MR) is 69.5 cm³/mol. The van der Waals surface area contributed by atoms with Crippen molar-refractivity contribution >= 4 is 17.0 Å². The lowest BCUT2D eigenvalue weighted by Gasteiger charge is -2.30. The smallest absolute Gasteiger partial charge is 0.433 e. The van der Waals surface area contributed by atoms with Gasteiger partial charge in [-0.25, -0.2) is 0 Å². The van der Waals surface area contributed by atoms with E-state index in [1.807, 2.05) is 0 Å². The zero-order valence-electron chi connectivity index (χ0n) is 10.4. The third-order valence-electron chi connectivity index (χ3n) is 3.39. The number of nitro benzene ring substituents is 1. The minimum atomic E-state index is -4.68. The topological polar surface area (TPSA) is 52.4 Å². The van der Waals surface area contributed by atoms with Gasteiger partial charge in [0.25, 0.3) is 5.69 Å². The molecule has 0 aliphatic carbocycles. The Morgan fingerprint density at radius 3 is 2.62 bits per heavy atom. The van der Waals surface area contributed by atoms with Crippen molar-refractivity contribution < 1.29 is 22.8 Å². The number of halogens is 3. The van der Waals surface area contributed by atoms with Crippen LogP contribution in [0, 0.1) is 10.1 Å². The molecule has 0 N–H and O–H groups in total. The molecule has 21 heavy (non-hydrogen) atoms. The Balaban J connectivity index is 2.16. The maximum absolute atomic E-state index is 13.6. The molecular formula is C13H8F3NO3S. The van der Waals surface area contributed by atoms with Crippen molar-refractivity contribution in [3.8, 4) is 5.75 Å². The number of thiophene rings is 1. The first-order valence-electron chi connectivity index (χ1n) is 5.91. The van der Waals surface area contributed by atoms with Crippen molar-refractivity contribution in [3.63, 3.8) is 0 Å². The summed E-state index contributed by atoms with van der Waals surface area (Å²) in [5, 5.41) is 12.5. The number of hydrogen-bond acceptors (Lipinski definition) is 4. The molecule has 2 heterocycles. The highest BCUT2D eigenvalue weighted by atomic mass is 32.1. The van der Waals surface area contributed by atoms with E-state index in [0.29, 0.717) is 0 Å². The highest BCUT2D eigenvalue weighted by molar-refractivity contribution is 7.10. The van der Waals surface area contributed by atoms with Gasteiger partial charge in [0.1, 0.15) is 5.75 Å². The monoisotopic (exact) mass is 315 g/mol. The van der Waals surface area contributed by atoms with Crippen LogP contribution in [0.15, 0.2) is 35.7 Å². The molecule has 1 aliphatic rings. The Hall–Kier alpha value is -2.09. The van der Waals surface area contributed by atoms with Crippen LogP contribution in [0.2, 0.25) is 0 Å². The molecule has 0 fully saturated rings. The highest BCUT2D eigenvalue weighted by Crippen LogP contribution is 2.53. The maximum atomic E-state index is 13.6. The third kappa shape index (κ3) is 1.98. The van der Waals surface area contributed by atoms with Crippen molar-refractivity contribution in [3.05, 3.63) is 56.3 Å². The van der Waals surface area contributed by atoms with E-state index in [1.165, 1.54) is 35.7 Å². The fraction of sp³-hybridized carbons (Fsp3) is 0.231. The summed E-state index contributed by atoms with van der Waals surface area (Å²) in [6.45, 7) is 0. The summed E-state index contributed by atoms with van der Waals surface area (Å²) in [5.74, 6) is -0.0880. The van der Waals surface area contributed by atoms with Crippen LogP contribution in [-0.4, -0.2) is 11.1 Å². The SMILES string of the molecule is O=[N+]([O-])c1cccc2c1CC(c1cccs1)(C(F)(F)F)O2. The minimum absolute atomic E-state index is 0.0134. The van der Waals surface area contributed by atoms with Gasteiger partial charge in [0.2, 0.25) is 5.60 Å². The van der Waals surface area contributed by atoms with Gasteiger partial charge in [-0.3, -0.25) is 10.1 Å². The quantitative estimate of drug-likeness (QED) is 0.620. The number of fused-ring (bicyclic) bond motifs is 1. The van der Waals surface area contributed by atoms with E-state index in [1.54, 1.807) is 0 Å². The van der Waals surface area contributed by atoms with Crippen LogP contribution in [0.1, 0.15) is 10.4 Å². The van der Waals surface area contributed by atoms with Crippen LogP contribution >= 0.6 is 11.3 Å². The molecule has 0 saturated carbocycles. The fourth-order valence-corrected chi connectivity index (χ4v) is 3.30. The van der Waals surface area contributed by atoms with Gasteiger partial charge in [-0.1, -0.05) is 12.1 Å². The molecule has 0 spiro atoms. The zero-order valence-corrected chi connectivity index (χ0v) is 11.2. The molecule has 4 nitrogen and oxygen atoms in total. The number of benzene rings is 1. The van der Waals surface area contributed by atoms with Gasteiger partial charge in [0, 0.05) is 12.5 Å². The van der Waals surface area contributed by atoms with E-state index >= 15 is 0 Å². The molecule has 0 saturated heterocycles. The second kappa shape index (κ2) is 4.45. The van der Waals surface area contributed by atoms with E-state index in [2.05, 4.69) is 0 Å². The largest absolute Gasteiger partial charge is 0.471 e. The number of alkyl halides is 3. The summed E-state index contributed by atoms with van der Waals surface area (Å²) in [5.41, 5.74) is -2.92. The number of hydrogen-bond donors (Lipinski definition) is 0. The van der Waals surface area contributed by atoms with Gasteiger partial charge >= 0.3 is 6.18 Å². The Morgan fingerprint density at radius 1 is 1.29 bits per heavy atom. The molecule has 0 radical (unpaired) electrons. The van der Waals surface area contributed by atoms with Crippen LogP contribution < -0.4 is 4.74 Å². The fourth-order valence-electron chi connectivity index (χ4n) is 2.41. The summed E-state index contributed by atoms with van der Waals surface area (Å²) >= 11 is 0.916. The molecule has 1 atom stereocenters. The third-order valence-corrected chi connectivity index (χ3v) is 4.40. The average Bonchev–Trinajstić information content (AvgIpc) is 3.04. The maximum Gasteiger partial charge on any atom is 0.433 e. The molecule has 1 unspecified atom stereocenters. The van der Waals surface area contributed by atoms with Crippen LogP contribution in [-0.2, 0) is 12.0 Å². The van der Waals surface area contributed by atoms with E-state index in [4.69, 9.17) is 4.74 Å². The first-order chi connectivity index (χ1) is 9.85. The molecular weight excluding hydrogens is 307 g/mol. The molecule has 2 aromatic rings. The van der Waals surface area contributed by atoms with E-state index in [0.717, 1.165) is 11.3 Å². The predicted octanol–water partition coefficient (Wildman–Crippen LogP) is 4.05. The van der Waals surface area contributed by atoms with Crippen LogP contribution in [0.5, 0.6) is 5.75 Å². The van der Waals surface area contributed by atoms with E-state index < -0.39 is 23.1 Å². The van der Waals surface area contributed by atoms with Gasteiger partial charge in [-0.05, 0) is 17.5 Å². The lowest BCUT2D eigenvalue weighted by Crippen LogP contribution is -2.45. The molecule has 0 amide bonds. The Kier molecular flexibility index (Phi) is 2.94. The van der Waals surface area contributed by atoms with Crippen LogP contribution in [0.3, 0.4) is 0 Å². The lowest BCUT2D eigenvalue weighted by atomic mass is 9.94. The number of nitro groups is 1. The summed E-state index contributed by atoms with van der Waals surface area (Å²) < 4.78 is 45.9. The number of rotatable bonds is 2. The molecule has 0 bridgehead atoms. The molecule has 110 valence electrons. The molecule has 1 aromatic heterocycles. The first kappa shape index (κ1) is 13.9. The summed E-state index contributed by atoms with van der Waals surface area (Å²) in [6.07, 6.45) is -5.27. The summed E-state index contributed by atoms with van der Waals surface area (Å²) in [7, 11) is 0. The van der Waals surface area contributed by atoms with Crippen molar-refractivity contribution in [1.82, 2.24) is 0 Å². The van der Waals surface area contributed by atoms with Gasteiger partial charge in [-0.15, -0.1) is 11.3 Å². The molecule has 3 rings (SSSR count). The van der Waals surface area contributed by atoms with Gasteiger partial charge in [0.05, 0.1) is 15.4 Å². The van der Waals surface area contributed by atoms with Gasteiger partial charge in [-0.2, -0.15) is 13.2 Å². The Labute approximate surface area is 120 Å². The van der Waals surface area contributed by atoms with E-state index in [-0.39, 0.29) is 21.9 Å². The average molecular weight is 315 g/mol. The lowest BCUT2D eigenvalue weighted by molar-refractivity contribution is -0.385. The minimum Gasteiger partial charge on any atom is -0.471 e. The molecule has 1 aromatic carbocycles. The Bertz CT molecular complexity index is 699. The van der Waals surface area contributed by atoms with E-state index in [9.17, 15) is 23.3 Å². The summed E-state index contributed by atoms with van der Waals surface area (Å²) in [4.78, 5) is 10.3. The summed E-state index contributed by atoms with van der Waals surface area (Å²) in [6, 6.07) is 6.65. The normalized spacial score (nSPS) is 20.9. The number of ether oxygens (including phenoxy) is 1. The van der Waals surface area contributed by atoms with Crippen molar-refractivity contribution in [2.24, 2.45) is 0 Å². The van der Waals surface area contributed by atoms with Gasteiger partial charge in [0.15, 0.2) is 0 Å². The van der Waals surface area contributed by atoms with Crippen LogP contribution in [0.4, 0.5) is 18.9 Å². The van der Waals surface area contributed by atoms with Crippen molar-refractivity contribution in [2.45, 2.75) is 18.2 Å². The standard InChI is InChI=1S/C13H8F3NO3S/c14-13(15,16)12(11-5-2-6-21-11)7-8-9(17(18)19)3-1-4-10(8)20-12/h1-6H,7H2. The molecule has 8 heteroatoms. The Morgan fingerprint density at radius 2 is 2.05 bits per heavy atom. The molecule has 1 aliphatic heterocycles. The highest BCUT2D eigenvalue weighted by Gasteiger charge is 2.63. The number of nitrogens with zero attached hydrogens (tertiary/aromatic N) is 1. The zero-order chi connectivity index (χ0) is 15.3. The first-order valence-corrected chi connectivity index (χ1v) is 6.79. The second-order valence-corrected chi connectivity index (χ2v) is 5.54. The van der Waals surface area contributed by atoms with Crippen LogP contribution in [0.25, 0.3) is 0 Å². The second-order valence-electron chi connectivity index (χ2n) is 4.59. The van der Waals surface area contributed by atoms with Crippen molar-refractivity contribution in [2.75, 3.05) is 0 Å². The van der Waals surface area contributed by atoms with Crippen molar-refractivity contribution in [1.29, 1.82) is 0 Å². The van der Waals surface area contributed by atoms with Gasteiger partial charge < -0.3 is 4.74 Å².